The second kappa shape index (κ2) is 4.68. The van der Waals surface area contributed by atoms with Crippen LogP contribution in [0, 0.1) is 6.92 Å². The van der Waals surface area contributed by atoms with Crippen molar-refractivity contribution < 1.29 is 0 Å². The quantitative estimate of drug-likeness (QED) is 0.778. The molecule has 0 aliphatic heterocycles. The highest BCUT2D eigenvalue weighted by atomic mass is 15.3. The fraction of sp³-hybridized carbons (Fsp3) is 0.214. The highest BCUT2D eigenvalue weighted by Crippen LogP contribution is 2.19. The maximum atomic E-state index is 4.43. The second-order valence-corrected chi connectivity index (χ2v) is 4.48. The molecule has 0 aliphatic rings. The lowest BCUT2D eigenvalue weighted by Crippen LogP contribution is -2.01. The number of rotatable bonds is 3. The van der Waals surface area contributed by atoms with E-state index < -0.39 is 0 Å². The van der Waals surface area contributed by atoms with E-state index in [9.17, 15) is 0 Å². The predicted octanol–water partition coefficient (Wildman–Crippen LogP) is 2.28. The van der Waals surface area contributed by atoms with Gasteiger partial charge in [0, 0.05) is 18.6 Å². The number of nitrogens with zero attached hydrogens (tertiary/aromatic N) is 4. The summed E-state index contributed by atoms with van der Waals surface area (Å²) in [6, 6.07) is 7.97. The third-order valence-electron chi connectivity index (χ3n) is 3.06. The van der Waals surface area contributed by atoms with Crippen LogP contribution in [0.5, 0.6) is 0 Å². The SMILES string of the molecule is Cc1nn(C)c2ncc(NCc3ccccn3)cc12. The fourth-order valence-electron chi connectivity index (χ4n) is 2.10. The molecule has 96 valence electrons. The summed E-state index contributed by atoms with van der Waals surface area (Å²) in [6.45, 7) is 2.68. The van der Waals surface area contributed by atoms with Crippen LogP contribution in [0.15, 0.2) is 36.7 Å². The number of aryl methyl sites for hydroxylation is 2. The molecule has 0 aromatic carbocycles. The Kier molecular flexibility index (Phi) is 2.87. The fourth-order valence-corrected chi connectivity index (χ4v) is 2.10. The van der Waals surface area contributed by atoms with E-state index in [0.29, 0.717) is 6.54 Å². The van der Waals surface area contributed by atoms with Crippen molar-refractivity contribution in [2.24, 2.45) is 7.05 Å². The molecule has 5 heteroatoms. The van der Waals surface area contributed by atoms with E-state index in [1.807, 2.05) is 38.4 Å². The van der Waals surface area contributed by atoms with Gasteiger partial charge in [0.25, 0.3) is 0 Å². The second-order valence-electron chi connectivity index (χ2n) is 4.48. The molecule has 0 unspecified atom stereocenters. The van der Waals surface area contributed by atoms with E-state index in [2.05, 4.69) is 26.4 Å². The number of pyridine rings is 2. The van der Waals surface area contributed by atoms with Crippen molar-refractivity contribution in [3.05, 3.63) is 48.0 Å². The molecule has 19 heavy (non-hydrogen) atoms. The Labute approximate surface area is 111 Å². The van der Waals surface area contributed by atoms with Crippen LogP contribution in [0.4, 0.5) is 5.69 Å². The Bertz CT molecular complexity index is 702. The molecule has 0 atom stereocenters. The largest absolute Gasteiger partial charge is 0.378 e. The van der Waals surface area contributed by atoms with Crippen LogP contribution in [-0.2, 0) is 13.6 Å². The summed E-state index contributed by atoms with van der Waals surface area (Å²) in [5.41, 5.74) is 3.88. The van der Waals surface area contributed by atoms with Crippen molar-refractivity contribution >= 4 is 16.7 Å². The van der Waals surface area contributed by atoms with Gasteiger partial charge in [0.15, 0.2) is 5.65 Å². The van der Waals surface area contributed by atoms with Crippen LogP contribution < -0.4 is 5.32 Å². The first-order chi connectivity index (χ1) is 9.24. The molecule has 1 N–H and O–H groups in total. The van der Waals surface area contributed by atoms with Gasteiger partial charge in [-0.2, -0.15) is 5.10 Å². The van der Waals surface area contributed by atoms with Crippen LogP contribution in [0.25, 0.3) is 11.0 Å². The molecule has 0 amide bonds. The monoisotopic (exact) mass is 253 g/mol. The van der Waals surface area contributed by atoms with Gasteiger partial charge < -0.3 is 5.32 Å². The Balaban J connectivity index is 1.84. The van der Waals surface area contributed by atoms with Gasteiger partial charge in [-0.05, 0) is 25.1 Å². The minimum atomic E-state index is 0.688. The highest BCUT2D eigenvalue weighted by Gasteiger charge is 2.06. The summed E-state index contributed by atoms with van der Waals surface area (Å²) in [6.07, 6.45) is 3.62. The average molecular weight is 253 g/mol. The lowest BCUT2D eigenvalue weighted by Gasteiger charge is -2.05. The zero-order valence-corrected chi connectivity index (χ0v) is 11.0. The van der Waals surface area contributed by atoms with E-state index >= 15 is 0 Å². The molecule has 0 aliphatic carbocycles. The van der Waals surface area contributed by atoms with Gasteiger partial charge >= 0.3 is 0 Å². The predicted molar refractivity (Wildman–Crippen MR) is 74.8 cm³/mol. The third kappa shape index (κ3) is 2.27. The van der Waals surface area contributed by atoms with Crippen LogP contribution in [0.2, 0.25) is 0 Å². The Morgan fingerprint density at radius 3 is 2.95 bits per heavy atom. The van der Waals surface area contributed by atoms with Crippen molar-refractivity contribution in [1.82, 2.24) is 19.7 Å². The molecule has 0 fully saturated rings. The maximum absolute atomic E-state index is 4.43. The molecule has 3 rings (SSSR count). The van der Waals surface area contributed by atoms with Crippen molar-refractivity contribution in [1.29, 1.82) is 0 Å². The Morgan fingerprint density at radius 1 is 1.26 bits per heavy atom. The number of fused-ring (bicyclic) bond motifs is 1. The van der Waals surface area contributed by atoms with Gasteiger partial charge in [-0.15, -0.1) is 0 Å². The molecule has 0 radical (unpaired) electrons. The van der Waals surface area contributed by atoms with Crippen molar-refractivity contribution in [2.45, 2.75) is 13.5 Å². The molecule has 0 spiro atoms. The summed E-state index contributed by atoms with van der Waals surface area (Å²) < 4.78 is 1.80. The molecule has 3 aromatic rings. The molecule has 3 aromatic heterocycles. The minimum absolute atomic E-state index is 0.688. The van der Waals surface area contributed by atoms with Gasteiger partial charge in [0.1, 0.15) is 0 Å². The number of aromatic nitrogens is 4. The molecule has 0 bridgehead atoms. The number of nitrogens with one attached hydrogen (secondary N) is 1. The van der Waals surface area contributed by atoms with E-state index in [1.54, 1.807) is 10.9 Å². The summed E-state index contributed by atoms with van der Waals surface area (Å²) in [4.78, 5) is 8.71. The third-order valence-corrected chi connectivity index (χ3v) is 3.06. The summed E-state index contributed by atoms with van der Waals surface area (Å²) >= 11 is 0. The number of hydrogen-bond donors (Lipinski definition) is 1. The Hall–Kier alpha value is -2.43. The summed E-state index contributed by atoms with van der Waals surface area (Å²) in [7, 11) is 1.91. The van der Waals surface area contributed by atoms with Crippen LogP contribution in [0.3, 0.4) is 0 Å². The first kappa shape index (κ1) is 11.6. The molecule has 0 saturated heterocycles. The topological polar surface area (TPSA) is 55.6 Å². The molecule has 5 nitrogen and oxygen atoms in total. The van der Waals surface area contributed by atoms with Gasteiger partial charge in [-0.1, -0.05) is 6.07 Å². The van der Waals surface area contributed by atoms with Gasteiger partial charge in [0.2, 0.25) is 0 Å². The first-order valence-electron chi connectivity index (χ1n) is 6.17. The molecule has 0 saturated carbocycles. The average Bonchev–Trinajstić information content (AvgIpc) is 2.73. The zero-order valence-electron chi connectivity index (χ0n) is 11.0. The molecular formula is C14H15N5. The normalized spacial score (nSPS) is 10.8. The standard InChI is InChI=1S/C14H15N5/c1-10-13-7-12(9-17-14(13)19(2)18-10)16-8-11-5-3-4-6-15-11/h3-7,9,16H,8H2,1-2H3. The summed E-state index contributed by atoms with van der Waals surface area (Å²) in [5.74, 6) is 0. The summed E-state index contributed by atoms with van der Waals surface area (Å²) in [5, 5.41) is 8.77. The van der Waals surface area contributed by atoms with E-state index in [0.717, 1.165) is 28.1 Å². The number of hydrogen-bond acceptors (Lipinski definition) is 4. The van der Waals surface area contributed by atoms with Gasteiger partial charge in [-0.3, -0.25) is 9.67 Å². The lowest BCUT2D eigenvalue weighted by atomic mass is 10.2. The smallest absolute Gasteiger partial charge is 0.157 e. The minimum Gasteiger partial charge on any atom is -0.378 e. The lowest BCUT2D eigenvalue weighted by molar-refractivity contribution is 0.774. The van der Waals surface area contributed by atoms with Crippen LogP contribution in [0.1, 0.15) is 11.4 Å². The van der Waals surface area contributed by atoms with Crippen molar-refractivity contribution in [3.63, 3.8) is 0 Å². The molecule has 3 heterocycles. The van der Waals surface area contributed by atoms with Crippen molar-refractivity contribution in [2.75, 3.05) is 5.32 Å². The van der Waals surface area contributed by atoms with Crippen LogP contribution >= 0.6 is 0 Å². The zero-order chi connectivity index (χ0) is 13.2. The van der Waals surface area contributed by atoms with Crippen molar-refractivity contribution in [3.8, 4) is 0 Å². The van der Waals surface area contributed by atoms with E-state index in [4.69, 9.17) is 0 Å². The van der Waals surface area contributed by atoms with Gasteiger partial charge in [0.05, 0.1) is 29.8 Å². The van der Waals surface area contributed by atoms with E-state index in [-0.39, 0.29) is 0 Å². The van der Waals surface area contributed by atoms with Crippen LogP contribution in [-0.4, -0.2) is 19.7 Å². The Morgan fingerprint density at radius 2 is 2.16 bits per heavy atom. The van der Waals surface area contributed by atoms with Gasteiger partial charge in [-0.25, -0.2) is 4.98 Å². The van der Waals surface area contributed by atoms with E-state index in [1.165, 1.54) is 0 Å². The first-order valence-corrected chi connectivity index (χ1v) is 6.17. The highest BCUT2D eigenvalue weighted by molar-refractivity contribution is 5.81. The molecular weight excluding hydrogens is 238 g/mol. The number of anilines is 1. The maximum Gasteiger partial charge on any atom is 0.157 e.